The number of carbonyl (C=O) groups is 2. The highest BCUT2D eigenvalue weighted by Gasteiger charge is 2.32. The number of rotatable bonds is 9. The summed E-state index contributed by atoms with van der Waals surface area (Å²) in [6, 6.07) is 18.4. The van der Waals surface area contributed by atoms with E-state index in [0.29, 0.717) is 30.9 Å². The van der Waals surface area contributed by atoms with Crippen molar-refractivity contribution < 1.29 is 37.0 Å². The smallest absolute Gasteiger partial charge is 0.258 e. The summed E-state index contributed by atoms with van der Waals surface area (Å²) in [6.07, 6.45) is 1.49. The number of anilines is 1. The molecule has 2 amide bonds. The summed E-state index contributed by atoms with van der Waals surface area (Å²) < 4.78 is 53.9. The number of nitrogens with zero attached hydrogens (tertiary/aromatic N) is 2. The number of ether oxygens (including phenoxy) is 2. The number of fused-ring (bicyclic) bond motifs is 1. The number of amides is 2. The predicted molar refractivity (Wildman–Crippen MR) is 182 cm³/mol. The minimum absolute atomic E-state index is 0.00981. The molecule has 0 unspecified atom stereocenters. The molecule has 2 N–H and O–H groups in total. The number of aliphatic hydroxyl groups excluding tert-OH is 1. The molecule has 0 aromatic heterocycles. The van der Waals surface area contributed by atoms with Crippen molar-refractivity contribution >= 4 is 27.5 Å². The second-order valence-corrected chi connectivity index (χ2v) is 14.5. The first-order valence-electron chi connectivity index (χ1n) is 16.3. The van der Waals surface area contributed by atoms with E-state index in [9.17, 15) is 27.5 Å². The van der Waals surface area contributed by atoms with Crippen molar-refractivity contribution in [3.05, 3.63) is 89.7 Å². The number of nitrogens with one attached hydrogen (secondary N) is 1. The van der Waals surface area contributed by atoms with Crippen molar-refractivity contribution in [2.24, 2.45) is 5.92 Å². The highest BCUT2D eigenvalue weighted by atomic mass is 32.2. The molecule has 12 heteroatoms. The third-order valence-electron chi connectivity index (χ3n) is 8.50. The summed E-state index contributed by atoms with van der Waals surface area (Å²) in [4.78, 5) is 28.7. The van der Waals surface area contributed by atoms with E-state index in [4.69, 9.17) is 9.47 Å². The number of aliphatic hydroxyl groups is 1. The molecule has 4 rings (SSSR count). The molecule has 0 saturated carbocycles. The van der Waals surface area contributed by atoms with Gasteiger partial charge in [-0.3, -0.25) is 9.59 Å². The molecule has 1 aliphatic rings. The molecule has 0 saturated heterocycles. The lowest BCUT2D eigenvalue weighted by Gasteiger charge is -2.35. The molecule has 0 radical (unpaired) electrons. The van der Waals surface area contributed by atoms with Crippen LogP contribution in [0.4, 0.5) is 10.1 Å². The Balaban J connectivity index is 1.62. The van der Waals surface area contributed by atoms with Gasteiger partial charge in [0.05, 0.1) is 41.7 Å². The lowest BCUT2D eigenvalue weighted by Crippen LogP contribution is -2.48. The van der Waals surface area contributed by atoms with E-state index in [1.54, 1.807) is 25.1 Å². The van der Waals surface area contributed by atoms with Crippen LogP contribution in [0.15, 0.2) is 77.7 Å². The van der Waals surface area contributed by atoms with Gasteiger partial charge in [0.15, 0.2) is 0 Å². The van der Waals surface area contributed by atoms with E-state index in [1.165, 1.54) is 28.4 Å². The zero-order valence-corrected chi connectivity index (χ0v) is 28.8. The number of carbonyl (C=O) groups excluding carboxylic acids is 2. The summed E-state index contributed by atoms with van der Waals surface area (Å²) in [7, 11) is -2.51. The number of hydrogen-bond acceptors (Lipinski definition) is 7. The fraction of sp³-hybridized carbons (Fsp3) is 0.444. The van der Waals surface area contributed by atoms with Gasteiger partial charge >= 0.3 is 0 Å². The number of likely N-dealkylation sites (N-methyl/N-ethyl adjacent to an activating group) is 1. The summed E-state index contributed by atoms with van der Waals surface area (Å²) in [5.41, 5.74) is 1.52. The lowest BCUT2D eigenvalue weighted by atomic mass is 10.0. The SMILES string of the molecule is C[C@@H]1CCCCO[C@@H](CN(C)S(=O)(=O)c2ccc(F)cc2)[C@H](C)CN([C@H](C)CO)C(=O)c2cc(NC(=O)Cc3ccccc3)ccc2O1. The van der Waals surface area contributed by atoms with Crippen molar-refractivity contribution in [3.8, 4) is 5.75 Å². The zero-order chi connectivity index (χ0) is 34.8. The first-order valence-corrected chi connectivity index (χ1v) is 17.7. The highest BCUT2D eigenvalue weighted by Crippen LogP contribution is 2.29. The van der Waals surface area contributed by atoms with Gasteiger partial charge < -0.3 is 24.8 Å². The maximum absolute atomic E-state index is 14.3. The Hall–Kier alpha value is -3.84. The molecule has 3 aromatic carbocycles. The minimum Gasteiger partial charge on any atom is -0.490 e. The molecule has 0 spiro atoms. The second-order valence-electron chi connectivity index (χ2n) is 12.5. The van der Waals surface area contributed by atoms with Crippen LogP contribution in [0.25, 0.3) is 0 Å². The van der Waals surface area contributed by atoms with E-state index in [1.807, 2.05) is 44.2 Å². The van der Waals surface area contributed by atoms with Crippen molar-refractivity contribution in [1.82, 2.24) is 9.21 Å². The third kappa shape index (κ3) is 9.85. The molecule has 10 nitrogen and oxygen atoms in total. The van der Waals surface area contributed by atoms with Crippen LogP contribution < -0.4 is 10.1 Å². The molecule has 260 valence electrons. The van der Waals surface area contributed by atoms with Crippen LogP contribution >= 0.6 is 0 Å². The first-order chi connectivity index (χ1) is 22.9. The molecular formula is C36H46FN3O7S. The molecule has 48 heavy (non-hydrogen) atoms. The average molecular weight is 684 g/mol. The Morgan fingerprint density at radius 3 is 2.48 bits per heavy atom. The zero-order valence-electron chi connectivity index (χ0n) is 28.0. The van der Waals surface area contributed by atoms with Gasteiger partial charge in [0.2, 0.25) is 15.9 Å². The lowest BCUT2D eigenvalue weighted by molar-refractivity contribution is -0.115. The standard InChI is InChI=1S/C36H46FN3O7S/c1-25-22-40(26(2)24-41)36(43)32-21-30(38-35(42)20-28-11-6-5-7-12-28)15-18-33(32)47-27(3)10-8-9-19-46-34(25)23-39(4)48(44,45)31-16-13-29(37)14-17-31/h5-7,11-18,21,25-27,34,41H,8-10,19-20,22-24H2,1-4H3,(H,38,42)/t25-,26-,27-,34+/m1/s1. The fourth-order valence-electron chi connectivity index (χ4n) is 5.59. The Labute approximate surface area is 282 Å². The summed E-state index contributed by atoms with van der Waals surface area (Å²) in [5, 5.41) is 13.1. The van der Waals surface area contributed by atoms with Crippen molar-refractivity contribution in [2.45, 2.75) is 69.6 Å². The number of hydrogen-bond donors (Lipinski definition) is 2. The van der Waals surface area contributed by atoms with Gasteiger partial charge in [0, 0.05) is 38.3 Å². The Bertz CT molecular complexity index is 1620. The van der Waals surface area contributed by atoms with Gasteiger partial charge in [0.25, 0.3) is 5.91 Å². The van der Waals surface area contributed by atoms with Crippen molar-refractivity contribution in [2.75, 3.05) is 38.7 Å². The van der Waals surface area contributed by atoms with Crippen LogP contribution in [0.1, 0.15) is 56.0 Å². The molecule has 4 atom stereocenters. The third-order valence-corrected chi connectivity index (χ3v) is 10.3. The molecule has 3 aromatic rings. The van der Waals surface area contributed by atoms with Gasteiger partial charge in [-0.15, -0.1) is 0 Å². The maximum atomic E-state index is 14.3. The van der Waals surface area contributed by atoms with Crippen molar-refractivity contribution in [3.63, 3.8) is 0 Å². The van der Waals surface area contributed by atoms with Crippen LogP contribution in [-0.2, 0) is 26.0 Å². The van der Waals surface area contributed by atoms with Crippen LogP contribution in [0.3, 0.4) is 0 Å². The largest absolute Gasteiger partial charge is 0.490 e. The summed E-state index contributed by atoms with van der Waals surface area (Å²) >= 11 is 0. The molecule has 1 heterocycles. The topological polar surface area (TPSA) is 125 Å². The van der Waals surface area contributed by atoms with E-state index in [-0.39, 0.29) is 54.5 Å². The molecule has 1 aliphatic heterocycles. The van der Waals surface area contributed by atoms with Gasteiger partial charge in [-0.05, 0) is 81.1 Å². The normalized spacial score (nSPS) is 20.4. The number of halogens is 1. The molecule has 0 aliphatic carbocycles. The van der Waals surface area contributed by atoms with Gasteiger partial charge in [-0.25, -0.2) is 12.8 Å². The van der Waals surface area contributed by atoms with E-state index in [2.05, 4.69) is 5.32 Å². The van der Waals surface area contributed by atoms with Gasteiger partial charge in [0.1, 0.15) is 11.6 Å². The quantitative estimate of drug-likeness (QED) is 0.321. The number of benzene rings is 3. The Kier molecular flexibility index (Phi) is 13.1. The van der Waals surface area contributed by atoms with Crippen LogP contribution in [0.5, 0.6) is 5.75 Å². The fourth-order valence-corrected chi connectivity index (χ4v) is 6.77. The number of sulfonamides is 1. The molecular weight excluding hydrogens is 637 g/mol. The van der Waals surface area contributed by atoms with E-state index in [0.717, 1.165) is 24.1 Å². The monoisotopic (exact) mass is 683 g/mol. The Morgan fingerprint density at radius 1 is 1.08 bits per heavy atom. The van der Waals surface area contributed by atoms with E-state index >= 15 is 0 Å². The van der Waals surface area contributed by atoms with Crippen LogP contribution in [-0.4, -0.2) is 86.1 Å². The average Bonchev–Trinajstić information content (AvgIpc) is 3.06. The first kappa shape index (κ1) is 37.0. The van der Waals surface area contributed by atoms with E-state index < -0.39 is 33.9 Å². The summed E-state index contributed by atoms with van der Waals surface area (Å²) in [6.45, 7) is 5.70. The molecule has 0 fully saturated rings. The van der Waals surface area contributed by atoms with Crippen molar-refractivity contribution in [1.29, 1.82) is 0 Å². The predicted octanol–water partition coefficient (Wildman–Crippen LogP) is 5.12. The molecule has 0 bridgehead atoms. The Morgan fingerprint density at radius 2 is 1.79 bits per heavy atom. The highest BCUT2D eigenvalue weighted by molar-refractivity contribution is 7.89. The van der Waals surface area contributed by atoms with Crippen LogP contribution in [0, 0.1) is 11.7 Å². The second kappa shape index (κ2) is 17.0. The minimum atomic E-state index is -3.95. The van der Waals surface area contributed by atoms with Crippen LogP contribution in [0.2, 0.25) is 0 Å². The summed E-state index contributed by atoms with van der Waals surface area (Å²) in [5.74, 6) is -1.18. The van der Waals surface area contributed by atoms with Gasteiger partial charge in [-0.2, -0.15) is 4.31 Å². The van der Waals surface area contributed by atoms with Gasteiger partial charge in [-0.1, -0.05) is 37.3 Å². The maximum Gasteiger partial charge on any atom is 0.258 e.